The summed E-state index contributed by atoms with van der Waals surface area (Å²) >= 11 is 0. The Kier molecular flexibility index (Phi) is 4.97. The van der Waals surface area contributed by atoms with Gasteiger partial charge < -0.3 is 19.7 Å². The van der Waals surface area contributed by atoms with E-state index in [1.54, 1.807) is 38.7 Å². The van der Waals surface area contributed by atoms with Gasteiger partial charge in [-0.1, -0.05) is 12.1 Å². The molecule has 1 atom stereocenters. The summed E-state index contributed by atoms with van der Waals surface area (Å²) in [6.45, 7) is 0.777. The summed E-state index contributed by atoms with van der Waals surface area (Å²) in [6.07, 6.45) is 3.25. The van der Waals surface area contributed by atoms with E-state index in [2.05, 4.69) is 20.2 Å². The van der Waals surface area contributed by atoms with Crippen molar-refractivity contribution in [2.45, 2.75) is 18.9 Å². The summed E-state index contributed by atoms with van der Waals surface area (Å²) in [5.41, 5.74) is 1.49. The zero-order valence-corrected chi connectivity index (χ0v) is 15.9. The third kappa shape index (κ3) is 3.31. The van der Waals surface area contributed by atoms with Crippen molar-refractivity contribution >= 4 is 28.3 Å². The molecule has 3 aromatic rings. The maximum atomic E-state index is 13.1. The van der Waals surface area contributed by atoms with Gasteiger partial charge in [-0.3, -0.25) is 4.79 Å². The second-order valence-corrected chi connectivity index (χ2v) is 6.62. The number of hydrogen-bond donors (Lipinski definition) is 1. The molecule has 1 amide bonds. The number of para-hydroxylation sites is 1. The fraction of sp³-hybridized carbons (Fsp3) is 0.286. The Hall–Kier alpha value is -3.35. The minimum Gasteiger partial charge on any atom is -0.497 e. The van der Waals surface area contributed by atoms with Crippen LogP contribution in [0.4, 0.5) is 11.5 Å². The molecule has 1 fully saturated rings. The third-order valence-electron chi connectivity index (χ3n) is 5.02. The predicted molar refractivity (Wildman–Crippen MR) is 108 cm³/mol. The molecule has 28 heavy (non-hydrogen) atoms. The van der Waals surface area contributed by atoms with Gasteiger partial charge in [-0.25, -0.2) is 9.97 Å². The number of hydrogen-bond acceptors (Lipinski definition) is 6. The van der Waals surface area contributed by atoms with Gasteiger partial charge in [0.15, 0.2) is 0 Å². The third-order valence-corrected chi connectivity index (χ3v) is 5.02. The van der Waals surface area contributed by atoms with Crippen LogP contribution in [0.1, 0.15) is 12.8 Å². The molecule has 144 valence electrons. The van der Waals surface area contributed by atoms with E-state index >= 15 is 0 Å². The molecule has 1 saturated heterocycles. The molecule has 1 aliphatic rings. The normalized spacial score (nSPS) is 16.2. The number of fused-ring (bicyclic) bond motifs is 1. The number of ether oxygens (including phenoxy) is 2. The SMILES string of the molecule is COc1ccc(NC(=O)[C@H]2CCCN2c2ncnc3ccccc23)c(OC)c1. The summed E-state index contributed by atoms with van der Waals surface area (Å²) in [6, 6.07) is 12.9. The first-order chi connectivity index (χ1) is 13.7. The average Bonchev–Trinajstić information content (AvgIpc) is 3.23. The first-order valence-electron chi connectivity index (χ1n) is 9.20. The fourth-order valence-corrected chi connectivity index (χ4v) is 3.63. The van der Waals surface area contributed by atoms with Crippen molar-refractivity contribution in [3.05, 3.63) is 48.8 Å². The molecule has 0 aliphatic carbocycles. The minimum atomic E-state index is -0.301. The topological polar surface area (TPSA) is 76.6 Å². The molecular weight excluding hydrogens is 356 g/mol. The summed E-state index contributed by atoms with van der Waals surface area (Å²) in [4.78, 5) is 23.9. The van der Waals surface area contributed by atoms with Crippen molar-refractivity contribution in [3.8, 4) is 11.5 Å². The van der Waals surface area contributed by atoms with Gasteiger partial charge in [-0.05, 0) is 37.1 Å². The number of rotatable bonds is 5. The number of carbonyl (C=O) groups is 1. The highest BCUT2D eigenvalue weighted by Crippen LogP contribution is 2.32. The van der Waals surface area contributed by atoms with Gasteiger partial charge in [0.25, 0.3) is 0 Å². The van der Waals surface area contributed by atoms with Crippen molar-refractivity contribution < 1.29 is 14.3 Å². The molecule has 2 heterocycles. The van der Waals surface area contributed by atoms with Crippen LogP contribution in [0.25, 0.3) is 10.9 Å². The number of aromatic nitrogens is 2. The summed E-state index contributed by atoms with van der Waals surface area (Å²) in [7, 11) is 3.16. The van der Waals surface area contributed by atoms with Crippen LogP contribution in [0.2, 0.25) is 0 Å². The van der Waals surface area contributed by atoms with E-state index in [0.717, 1.165) is 36.1 Å². The zero-order chi connectivity index (χ0) is 19.5. The molecular formula is C21H22N4O3. The number of benzene rings is 2. The maximum absolute atomic E-state index is 13.1. The lowest BCUT2D eigenvalue weighted by Gasteiger charge is -2.26. The van der Waals surface area contributed by atoms with Crippen molar-refractivity contribution in [1.82, 2.24) is 9.97 Å². The van der Waals surface area contributed by atoms with Gasteiger partial charge in [0.1, 0.15) is 29.7 Å². The van der Waals surface area contributed by atoms with Gasteiger partial charge in [0.05, 0.1) is 25.4 Å². The van der Waals surface area contributed by atoms with Gasteiger partial charge in [-0.2, -0.15) is 0 Å². The molecule has 0 bridgehead atoms. The number of nitrogens with zero attached hydrogens (tertiary/aromatic N) is 3. The highest BCUT2D eigenvalue weighted by atomic mass is 16.5. The average molecular weight is 378 g/mol. The molecule has 1 N–H and O–H groups in total. The summed E-state index contributed by atoms with van der Waals surface area (Å²) in [5.74, 6) is 1.95. The Bertz CT molecular complexity index is 1000. The molecule has 7 nitrogen and oxygen atoms in total. The molecule has 1 aliphatic heterocycles. The largest absolute Gasteiger partial charge is 0.497 e. The van der Waals surface area contributed by atoms with E-state index in [1.807, 2.05) is 24.3 Å². The molecule has 0 saturated carbocycles. The molecule has 0 radical (unpaired) electrons. The standard InChI is InChI=1S/C21H22N4O3/c1-27-14-9-10-17(19(12-14)28-2)24-21(26)18-8-5-11-25(18)20-15-6-3-4-7-16(15)22-13-23-20/h3-4,6-7,9-10,12-13,18H,5,8,11H2,1-2H3,(H,24,26)/t18-/m1/s1. The number of amides is 1. The lowest BCUT2D eigenvalue weighted by Crippen LogP contribution is -2.40. The number of anilines is 2. The van der Waals surface area contributed by atoms with E-state index in [-0.39, 0.29) is 11.9 Å². The number of methoxy groups -OCH3 is 2. The second kappa shape index (κ2) is 7.72. The van der Waals surface area contributed by atoms with Crippen LogP contribution in [-0.2, 0) is 4.79 Å². The fourth-order valence-electron chi connectivity index (χ4n) is 3.63. The number of carbonyl (C=O) groups excluding carboxylic acids is 1. The van der Waals surface area contributed by atoms with Crippen LogP contribution in [0.3, 0.4) is 0 Å². The Labute approximate surface area is 163 Å². The Morgan fingerprint density at radius 1 is 1.14 bits per heavy atom. The molecule has 4 rings (SSSR count). The lowest BCUT2D eigenvalue weighted by molar-refractivity contribution is -0.117. The van der Waals surface area contributed by atoms with Gasteiger partial charge >= 0.3 is 0 Å². The maximum Gasteiger partial charge on any atom is 0.247 e. The molecule has 0 unspecified atom stereocenters. The second-order valence-electron chi connectivity index (χ2n) is 6.62. The Balaban J connectivity index is 1.61. The van der Waals surface area contributed by atoms with E-state index in [4.69, 9.17) is 9.47 Å². The van der Waals surface area contributed by atoms with Crippen molar-refractivity contribution in [2.24, 2.45) is 0 Å². The number of nitrogens with one attached hydrogen (secondary N) is 1. The first-order valence-corrected chi connectivity index (χ1v) is 9.20. The minimum absolute atomic E-state index is 0.0799. The van der Waals surface area contributed by atoms with Gasteiger partial charge in [0.2, 0.25) is 5.91 Å². The molecule has 0 spiro atoms. The van der Waals surface area contributed by atoms with Gasteiger partial charge in [-0.15, -0.1) is 0 Å². The molecule has 2 aromatic carbocycles. The van der Waals surface area contributed by atoms with Crippen LogP contribution in [0, 0.1) is 0 Å². The first kappa shape index (κ1) is 18.0. The molecule has 7 heteroatoms. The van der Waals surface area contributed by atoms with Crippen molar-refractivity contribution in [2.75, 3.05) is 31.0 Å². The smallest absolute Gasteiger partial charge is 0.247 e. The Morgan fingerprint density at radius 2 is 2.00 bits per heavy atom. The van der Waals surface area contributed by atoms with E-state index in [9.17, 15) is 4.79 Å². The van der Waals surface area contributed by atoms with Crippen LogP contribution < -0.4 is 19.7 Å². The van der Waals surface area contributed by atoms with E-state index < -0.39 is 0 Å². The van der Waals surface area contributed by atoms with Crippen LogP contribution in [0.15, 0.2) is 48.8 Å². The Morgan fingerprint density at radius 3 is 2.82 bits per heavy atom. The van der Waals surface area contributed by atoms with Crippen LogP contribution >= 0.6 is 0 Å². The van der Waals surface area contributed by atoms with Crippen LogP contribution in [0.5, 0.6) is 11.5 Å². The van der Waals surface area contributed by atoms with Crippen molar-refractivity contribution in [3.63, 3.8) is 0 Å². The van der Waals surface area contributed by atoms with Crippen LogP contribution in [-0.4, -0.2) is 42.7 Å². The van der Waals surface area contributed by atoms with E-state index in [1.165, 1.54) is 0 Å². The summed E-state index contributed by atoms with van der Waals surface area (Å²) in [5, 5.41) is 3.95. The predicted octanol–water partition coefficient (Wildman–Crippen LogP) is 3.25. The van der Waals surface area contributed by atoms with Crippen molar-refractivity contribution in [1.29, 1.82) is 0 Å². The highest BCUT2D eigenvalue weighted by Gasteiger charge is 2.33. The summed E-state index contributed by atoms with van der Waals surface area (Å²) < 4.78 is 10.6. The molecule has 1 aromatic heterocycles. The van der Waals surface area contributed by atoms with Gasteiger partial charge in [0, 0.05) is 18.0 Å². The van der Waals surface area contributed by atoms with E-state index in [0.29, 0.717) is 17.2 Å². The lowest BCUT2D eigenvalue weighted by atomic mass is 10.1. The zero-order valence-electron chi connectivity index (χ0n) is 15.9. The highest BCUT2D eigenvalue weighted by molar-refractivity contribution is 6.00. The monoisotopic (exact) mass is 378 g/mol. The quantitative estimate of drug-likeness (QED) is 0.734.